The van der Waals surface area contributed by atoms with Crippen molar-refractivity contribution in [2.24, 2.45) is 0 Å². The SMILES string of the molecule is O=C1c2ccccc2COC1(O)O. The molecule has 1 aromatic carbocycles. The van der Waals surface area contributed by atoms with Crippen LogP contribution in [0.5, 0.6) is 0 Å². The number of ether oxygens (including phenoxy) is 1. The minimum atomic E-state index is -2.66. The Hall–Kier alpha value is -1.23. The van der Waals surface area contributed by atoms with Crippen molar-refractivity contribution in [3.8, 4) is 0 Å². The monoisotopic (exact) mass is 180 g/mol. The molecule has 1 aliphatic rings. The van der Waals surface area contributed by atoms with Crippen molar-refractivity contribution in [2.45, 2.75) is 12.6 Å². The van der Waals surface area contributed by atoms with Crippen LogP contribution in [0.15, 0.2) is 24.3 Å². The van der Waals surface area contributed by atoms with E-state index in [-0.39, 0.29) is 6.61 Å². The molecule has 0 aromatic heterocycles. The molecule has 0 amide bonds. The molecule has 4 heteroatoms. The molecule has 68 valence electrons. The number of fused-ring (bicyclic) bond motifs is 1. The first-order chi connectivity index (χ1) is 6.11. The van der Waals surface area contributed by atoms with Gasteiger partial charge in [0.2, 0.25) is 0 Å². The Balaban J connectivity index is 2.52. The lowest BCUT2D eigenvalue weighted by Crippen LogP contribution is -2.44. The molecule has 0 aliphatic carbocycles. The summed E-state index contributed by atoms with van der Waals surface area (Å²) in [5, 5.41) is 18.1. The second-order valence-corrected chi connectivity index (χ2v) is 2.88. The van der Waals surface area contributed by atoms with Gasteiger partial charge >= 0.3 is 5.97 Å². The van der Waals surface area contributed by atoms with E-state index in [1.807, 2.05) is 0 Å². The lowest BCUT2D eigenvalue weighted by molar-refractivity contribution is -0.305. The minimum absolute atomic E-state index is 0.0366. The number of carbonyl (C=O) groups excluding carboxylic acids is 1. The van der Waals surface area contributed by atoms with Gasteiger partial charge in [-0.1, -0.05) is 24.3 Å². The number of carbonyl (C=O) groups is 1. The highest BCUT2D eigenvalue weighted by atomic mass is 16.8. The van der Waals surface area contributed by atoms with Crippen LogP contribution in [0.25, 0.3) is 0 Å². The fraction of sp³-hybridized carbons (Fsp3) is 0.222. The summed E-state index contributed by atoms with van der Waals surface area (Å²) in [5.74, 6) is -3.47. The van der Waals surface area contributed by atoms with E-state index < -0.39 is 11.8 Å². The van der Waals surface area contributed by atoms with Crippen molar-refractivity contribution in [1.82, 2.24) is 0 Å². The van der Waals surface area contributed by atoms with Crippen LogP contribution in [0.1, 0.15) is 15.9 Å². The number of aliphatic hydroxyl groups is 2. The zero-order chi connectivity index (χ0) is 9.47. The zero-order valence-electron chi connectivity index (χ0n) is 6.73. The number of benzene rings is 1. The van der Waals surface area contributed by atoms with Gasteiger partial charge in [-0.25, -0.2) is 0 Å². The Kier molecular flexibility index (Phi) is 1.69. The van der Waals surface area contributed by atoms with Crippen LogP contribution in [0.2, 0.25) is 0 Å². The molecular weight excluding hydrogens is 172 g/mol. The minimum Gasteiger partial charge on any atom is -0.337 e. The molecule has 1 aromatic rings. The molecule has 0 spiro atoms. The Morgan fingerprint density at radius 2 is 2.00 bits per heavy atom. The largest absolute Gasteiger partial charge is 0.346 e. The summed E-state index contributed by atoms with van der Waals surface area (Å²) in [7, 11) is 0. The summed E-state index contributed by atoms with van der Waals surface area (Å²) in [5.41, 5.74) is 0.977. The number of ketones is 1. The van der Waals surface area contributed by atoms with E-state index in [1.54, 1.807) is 24.3 Å². The number of rotatable bonds is 0. The van der Waals surface area contributed by atoms with Crippen molar-refractivity contribution in [3.05, 3.63) is 35.4 Å². The number of Topliss-reactive ketones (excluding diaryl/α,β-unsaturated/α-hetero) is 1. The van der Waals surface area contributed by atoms with E-state index in [9.17, 15) is 4.79 Å². The molecule has 13 heavy (non-hydrogen) atoms. The van der Waals surface area contributed by atoms with Gasteiger partial charge in [-0.2, -0.15) is 0 Å². The summed E-state index contributed by atoms with van der Waals surface area (Å²) < 4.78 is 4.57. The molecule has 0 saturated heterocycles. The highest BCUT2D eigenvalue weighted by Gasteiger charge is 2.40. The number of hydrogen-bond donors (Lipinski definition) is 2. The molecule has 0 saturated carbocycles. The maximum Gasteiger partial charge on any atom is 0.346 e. The van der Waals surface area contributed by atoms with Gasteiger partial charge < -0.3 is 14.9 Å². The van der Waals surface area contributed by atoms with E-state index in [2.05, 4.69) is 4.74 Å². The van der Waals surface area contributed by atoms with E-state index >= 15 is 0 Å². The van der Waals surface area contributed by atoms with Crippen LogP contribution in [0, 0.1) is 0 Å². The maximum absolute atomic E-state index is 11.3. The molecular formula is C9H8O4. The molecule has 1 heterocycles. The molecule has 1 aliphatic heterocycles. The Morgan fingerprint density at radius 3 is 2.77 bits per heavy atom. The standard InChI is InChI=1S/C9H8O4/c10-8-7-4-2-1-3-6(7)5-13-9(8,11)12/h1-4,11-12H,5H2. The van der Waals surface area contributed by atoms with Gasteiger partial charge in [-0.3, -0.25) is 4.79 Å². The summed E-state index contributed by atoms with van der Waals surface area (Å²) in [6.07, 6.45) is 0. The van der Waals surface area contributed by atoms with Gasteiger partial charge in [-0.05, 0) is 5.56 Å². The quantitative estimate of drug-likeness (QED) is 0.553. The number of hydrogen-bond acceptors (Lipinski definition) is 4. The van der Waals surface area contributed by atoms with Gasteiger partial charge in [0.1, 0.15) is 0 Å². The maximum atomic E-state index is 11.3. The van der Waals surface area contributed by atoms with Crippen LogP contribution in [-0.2, 0) is 11.3 Å². The fourth-order valence-electron chi connectivity index (χ4n) is 1.29. The second kappa shape index (κ2) is 2.63. The Labute approximate surface area is 74.4 Å². The smallest absolute Gasteiger partial charge is 0.337 e. The van der Waals surface area contributed by atoms with Crippen LogP contribution < -0.4 is 0 Å². The van der Waals surface area contributed by atoms with Crippen molar-refractivity contribution < 1.29 is 19.7 Å². The Morgan fingerprint density at radius 1 is 1.31 bits per heavy atom. The second-order valence-electron chi connectivity index (χ2n) is 2.88. The molecule has 0 fully saturated rings. The van der Waals surface area contributed by atoms with Gasteiger partial charge in [0.25, 0.3) is 5.78 Å². The molecule has 0 atom stereocenters. The first-order valence-corrected chi connectivity index (χ1v) is 3.83. The predicted molar refractivity (Wildman–Crippen MR) is 42.7 cm³/mol. The summed E-state index contributed by atoms with van der Waals surface area (Å²) >= 11 is 0. The molecule has 2 N–H and O–H groups in total. The van der Waals surface area contributed by atoms with Crippen LogP contribution in [0.4, 0.5) is 0 Å². The third kappa shape index (κ3) is 1.25. The van der Waals surface area contributed by atoms with Crippen molar-refractivity contribution in [3.63, 3.8) is 0 Å². The van der Waals surface area contributed by atoms with Crippen LogP contribution >= 0.6 is 0 Å². The highest BCUT2D eigenvalue weighted by molar-refractivity contribution is 6.02. The average molecular weight is 180 g/mol. The normalized spacial score (nSPS) is 19.7. The lowest BCUT2D eigenvalue weighted by Gasteiger charge is -2.26. The predicted octanol–water partition coefficient (Wildman–Crippen LogP) is 0.0379. The van der Waals surface area contributed by atoms with Crippen molar-refractivity contribution in [1.29, 1.82) is 0 Å². The third-order valence-electron chi connectivity index (χ3n) is 1.99. The molecule has 0 unspecified atom stereocenters. The average Bonchev–Trinajstić information content (AvgIpc) is 2.13. The van der Waals surface area contributed by atoms with E-state index in [0.717, 1.165) is 0 Å². The van der Waals surface area contributed by atoms with Gasteiger partial charge in [0.05, 0.1) is 6.61 Å². The van der Waals surface area contributed by atoms with Gasteiger partial charge in [0.15, 0.2) is 0 Å². The fourth-order valence-corrected chi connectivity index (χ4v) is 1.29. The van der Waals surface area contributed by atoms with Crippen molar-refractivity contribution >= 4 is 5.78 Å². The van der Waals surface area contributed by atoms with Crippen molar-refractivity contribution in [2.75, 3.05) is 0 Å². The first-order valence-electron chi connectivity index (χ1n) is 3.83. The summed E-state index contributed by atoms with van der Waals surface area (Å²) in [6.45, 7) is 0.0366. The Bertz CT molecular complexity index is 356. The topological polar surface area (TPSA) is 66.8 Å². The van der Waals surface area contributed by atoms with E-state index in [0.29, 0.717) is 11.1 Å². The third-order valence-corrected chi connectivity index (χ3v) is 1.99. The van der Waals surface area contributed by atoms with Gasteiger partial charge in [-0.15, -0.1) is 0 Å². The molecule has 0 bridgehead atoms. The van der Waals surface area contributed by atoms with E-state index in [1.165, 1.54) is 0 Å². The highest BCUT2D eigenvalue weighted by Crippen LogP contribution is 2.23. The van der Waals surface area contributed by atoms with E-state index in [4.69, 9.17) is 10.2 Å². The summed E-state index contributed by atoms with van der Waals surface area (Å²) in [4.78, 5) is 11.3. The van der Waals surface area contributed by atoms with Crippen LogP contribution in [0.3, 0.4) is 0 Å². The molecule has 4 nitrogen and oxygen atoms in total. The van der Waals surface area contributed by atoms with Gasteiger partial charge in [0, 0.05) is 5.56 Å². The molecule has 2 rings (SSSR count). The molecule has 0 radical (unpaired) electrons. The van der Waals surface area contributed by atoms with Crippen LogP contribution in [-0.4, -0.2) is 22.0 Å². The summed E-state index contributed by atoms with van der Waals surface area (Å²) in [6, 6.07) is 6.68. The first kappa shape index (κ1) is 8.37. The zero-order valence-corrected chi connectivity index (χ0v) is 6.73. The lowest BCUT2D eigenvalue weighted by atomic mass is 10.0.